The first-order valence-electron chi connectivity index (χ1n) is 4.35. The van der Waals surface area contributed by atoms with E-state index in [9.17, 15) is 0 Å². The summed E-state index contributed by atoms with van der Waals surface area (Å²) in [6.45, 7) is 7.48. The molecule has 1 aliphatic rings. The van der Waals surface area contributed by atoms with Crippen LogP contribution >= 0.6 is 0 Å². The summed E-state index contributed by atoms with van der Waals surface area (Å²) in [4.78, 5) is 0. The highest BCUT2D eigenvalue weighted by atomic mass is 15.1. The van der Waals surface area contributed by atoms with Crippen LogP contribution in [0.3, 0.4) is 0 Å². The van der Waals surface area contributed by atoms with Gasteiger partial charge in [0.15, 0.2) is 0 Å². The highest BCUT2D eigenvalue weighted by molar-refractivity contribution is 5.16. The lowest BCUT2D eigenvalue weighted by molar-refractivity contribution is 0.654. The van der Waals surface area contributed by atoms with Gasteiger partial charge in [0.25, 0.3) is 0 Å². The van der Waals surface area contributed by atoms with E-state index < -0.39 is 0 Å². The predicted octanol–water partition coefficient (Wildman–Crippen LogP) is 3.16. The van der Waals surface area contributed by atoms with Crippen molar-refractivity contribution in [3.63, 3.8) is 0 Å². The van der Waals surface area contributed by atoms with Crippen molar-refractivity contribution in [3.05, 3.63) is 11.3 Å². The molecule has 0 aromatic carbocycles. The Balaban J connectivity index is 2.82. The van der Waals surface area contributed by atoms with Gasteiger partial charge in [-0.05, 0) is 24.3 Å². The molecular weight excluding hydrogens is 136 g/mol. The summed E-state index contributed by atoms with van der Waals surface area (Å²) in [6.07, 6.45) is 2.14. The van der Waals surface area contributed by atoms with E-state index in [-0.39, 0.29) is 0 Å². The van der Waals surface area contributed by atoms with Gasteiger partial charge < -0.3 is 0 Å². The van der Waals surface area contributed by atoms with Crippen LogP contribution in [0.1, 0.15) is 33.6 Å². The molecule has 0 saturated carbocycles. The zero-order valence-electron chi connectivity index (χ0n) is 7.59. The number of allylic oxidation sites excluding steroid dienone is 1. The van der Waals surface area contributed by atoms with Gasteiger partial charge in [0, 0.05) is 0 Å². The fourth-order valence-corrected chi connectivity index (χ4v) is 1.43. The Bertz CT molecular complexity index is 190. The van der Waals surface area contributed by atoms with Gasteiger partial charge >= 0.3 is 0 Å². The number of hydrogen-bond acceptors (Lipinski definition) is 2. The molecule has 0 aromatic heterocycles. The molecule has 0 fully saturated rings. The van der Waals surface area contributed by atoms with E-state index in [0.29, 0.717) is 5.92 Å². The lowest BCUT2D eigenvalue weighted by atomic mass is 9.96. The molecule has 0 spiro atoms. The van der Waals surface area contributed by atoms with Crippen molar-refractivity contribution in [3.8, 4) is 0 Å². The molecule has 1 heterocycles. The fraction of sp³-hybridized carbons (Fsp3) is 0.778. The predicted molar refractivity (Wildman–Crippen MR) is 46.5 cm³/mol. The molecule has 2 heteroatoms. The van der Waals surface area contributed by atoms with E-state index >= 15 is 0 Å². The van der Waals surface area contributed by atoms with Crippen LogP contribution in [0.15, 0.2) is 21.5 Å². The average Bonchev–Trinajstić information content (AvgIpc) is 2.04. The maximum absolute atomic E-state index is 4.16. The van der Waals surface area contributed by atoms with E-state index in [4.69, 9.17) is 0 Å². The monoisotopic (exact) mass is 152 g/mol. The third-order valence-electron chi connectivity index (χ3n) is 2.08. The smallest absolute Gasteiger partial charge is 0.0641 e. The summed E-state index contributed by atoms with van der Waals surface area (Å²) in [5.41, 5.74) is 2.72. The Kier molecular flexibility index (Phi) is 2.80. The van der Waals surface area contributed by atoms with Gasteiger partial charge in [0.05, 0.1) is 12.2 Å². The van der Waals surface area contributed by atoms with Crippen LogP contribution in [0.2, 0.25) is 0 Å². The largest absolute Gasteiger partial charge is 0.189 e. The van der Waals surface area contributed by atoms with Gasteiger partial charge in [-0.25, -0.2) is 0 Å². The molecule has 62 valence electrons. The normalized spacial score (nSPS) is 18.2. The van der Waals surface area contributed by atoms with Crippen molar-refractivity contribution in [1.82, 2.24) is 0 Å². The molecule has 0 aliphatic carbocycles. The number of azo groups is 1. The highest BCUT2D eigenvalue weighted by Crippen LogP contribution is 2.25. The van der Waals surface area contributed by atoms with Crippen LogP contribution in [0.4, 0.5) is 0 Å². The van der Waals surface area contributed by atoms with Crippen molar-refractivity contribution in [1.29, 1.82) is 0 Å². The third-order valence-corrected chi connectivity index (χ3v) is 2.08. The van der Waals surface area contributed by atoms with Crippen LogP contribution in [-0.4, -0.2) is 6.54 Å². The molecule has 1 aliphatic heterocycles. The van der Waals surface area contributed by atoms with E-state index in [1.54, 1.807) is 0 Å². The second-order valence-corrected chi connectivity index (χ2v) is 3.20. The number of nitrogens with zero attached hydrogens (tertiary/aromatic N) is 2. The maximum atomic E-state index is 4.16. The van der Waals surface area contributed by atoms with E-state index in [0.717, 1.165) is 19.4 Å². The first kappa shape index (κ1) is 8.44. The Morgan fingerprint density at radius 2 is 2.18 bits per heavy atom. The van der Waals surface area contributed by atoms with Gasteiger partial charge in [-0.2, -0.15) is 10.2 Å². The highest BCUT2D eigenvalue weighted by Gasteiger charge is 2.11. The Morgan fingerprint density at radius 1 is 1.45 bits per heavy atom. The molecule has 0 radical (unpaired) electrons. The molecule has 11 heavy (non-hydrogen) atoms. The summed E-state index contributed by atoms with van der Waals surface area (Å²) in [5.74, 6) is 0.643. The maximum Gasteiger partial charge on any atom is 0.0641 e. The minimum atomic E-state index is 0.643. The second-order valence-electron chi connectivity index (χ2n) is 3.20. The van der Waals surface area contributed by atoms with Crippen molar-refractivity contribution >= 4 is 0 Å². The van der Waals surface area contributed by atoms with Gasteiger partial charge in [-0.3, -0.25) is 0 Å². The molecule has 0 saturated heterocycles. The minimum Gasteiger partial charge on any atom is -0.189 e. The number of rotatable bonds is 2. The Hall–Kier alpha value is -0.660. The molecule has 1 rings (SSSR count). The van der Waals surface area contributed by atoms with Gasteiger partial charge in [0.1, 0.15) is 0 Å². The Labute approximate surface area is 68.4 Å². The van der Waals surface area contributed by atoms with Crippen molar-refractivity contribution in [2.45, 2.75) is 33.6 Å². The molecule has 0 atom stereocenters. The minimum absolute atomic E-state index is 0.643. The summed E-state index contributed by atoms with van der Waals surface area (Å²) in [5, 5.41) is 8.18. The summed E-state index contributed by atoms with van der Waals surface area (Å²) >= 11 is 0. The molecule has 0 bridgehead atoms. The van der Waals surface area contributed by atoms with E-state index in [1.165, 1.54) is 11.3 Å². The topological polar surface area (TPSA) is 24.7 Å². The standard InChI is InChI=1S/C9H16N2/c1-4-9-8(7(2)3)5-6-10-11-9/h7H,4-6H2,1-3H3. The quantitative estimate of drug-likeness (QED) is 0.580. The zero-order valence-corrected chi connectivity index (χ0v) is 7.59. The molecule has 0 unspecified atom stereocenters. The van der Waals surface area contributed by atoms with Gasteiger partial charge in [-0.15, -0.1) is 0 Å². The molecule has 0 amide bonds. The average molecular weight is 152 g/mol. The van der Waals surface area contributed by atoms with Gasteiger partial charge in [0.2, 0.25) is 0 Å². The molecular formula is C9H16N2. The van der Waals surface area contributed by atoms with Crippen LogP contribution < -0.4 is 0 Å². The zero-order chi connectivity index (χ0) is 8.27. The fourth-order valence-electron chi connectivity index (χ4n) is 1.43. The van der Waals surface area contributed by atoms with Crippen molar-refractivity contribution in [2.24, 2.45) is 16.1 Å². The third kappa shape index (κ3) is 1.88. The summed E-state index contributed by atoms with van der Waals surface area (Å²) in [6, 6.07) is 0. The van der Waals surface area contributed by atoms with Crippen molar-refractivity contribution in [2.75, 3.05) is 6.54 Å². The summed E-state index contributed by atoms with van der Waals surface area (Å²) in [7, 11) is 0. The van der Waals surface area contributed by atoms with Crippen LogP contribution in [0.25, 0.3) is 0 Å². The van der Waals surface area contributed by atoms with Gasteiger partial charge in [-0.1, -0.05) is 20.8 Å². The first-order valence-corrected chi connectivity index (χ1v) is 4.35. The van der Waals surface area contributed by atoms with E-state index in [2.05, 4.69) is 31.0 Å². The lowest BCUT2D eigenvalue weighted by Crippen LogP contribution is -2.03. The molecule has 2 nitrogen and oxygen atoms in total. The van der Waals surface area contributed by atoms with Crippen molar-refractivity contribution < 1.29 is 0 Å². The second kappa shape index (κ2) is 3.65. The SMILES string of the molecule is CCC1=C(C(C)C)CCN=N1. The lowest BCUT2D eigenvalue weighted by Gasteiger charge is -2.16. The number of hydrogen-bond donors (Lipinski definition) is 0. The van der Waals surface area contributed by atoms with Crippen LogP contribution in [-0.2, 0) is 0 Å². The summed E-state index contributed by atoms with van der Waals surface area (Å²) < 4.78 is 0. The van der Waals surface area contributed by atoms with E-state index in [1.807, 2.05) is 0 Å². The van der Waals surface area contributed by atoms with Crippen LogP contribution in [0, 0.1) is 5.92 Å². The Morgan fingerprint density at radius 3 is 2.64 bits per heavy atom. The molecule has 0 N–H and O–H groups in total. The first-order chi connectivity index (χ1) is 5.25. The van der Waals surface area contributed by atoms with Crippen LogP contribution in [0.5, 0.6) is 0 Å². The molecule has 0 aromatic rings.